The standard InChI is InChI=1S/C22H22FN3O2/c1-22(2)16-7-3-13(11-17(16)24-21(22)28)20(27)26-10-9-25(15-5-6-15)18-8-4-14(23)12-19(18)26/h3-4,7-8,11-12,15H,5-6,9-10H2,1-2H3,(H,24,28). The lowest BCUT2D eigenvalue weighted by molar-refractivity contribution is -0.119. The van der Waals surface area contributed by atoms with Crippen LogP contribution >= 0.6 is 0 Å². The van der Waals surface area contributed by atoms with E-state index in [0.29, 0.717) is 29.5 Å². The number of amides is 2. The number of carbonyl (C=O) groups is 2. The Morgan fingerprint density at radius 1 is 1.11 bits per heavy atom. The second kappa shape index (κ2) is 5.80. The van der Waals surface area contributed by atoms with Gasteiger partial charge in [0.05, 0.1) is 16.8 Å². The number of fused-ring (bicyclic) bond motifs is 2. The van der Waals surface area contributed by atoms with Crippen molar-refractivity contribution in [2.24, 2.45) is 0 Å². The molecule has 5 rings (SSSR count). The van der Waals surface area contributed by atoms with E-state index in [9.17, 15) is 14.0 Å². The predicted molar refractivity (Wildman–Crippen MR) is 107 cm³/mol. The van der Waals surface area contributed by atoms with Gasteiger partial charge >= 0.3 is 0 Å². The second-order valence-electron chi connectivity index (χ2n) is 8.35. The van der Waals surface area contributed by atoms with E-state index >= 15 is 0 Å². The van der Waals surface area contributed by atoms with Crippen LogP contribution in [0.4, 0.5) is 21.5 Å². The number of hydrogen-bond donors (Lipinski definition) is 1. The van der Waals surface area contributed by atoms with Crippen molar-refractivity contribution < 1.29 is 14.0 Å². The third-order valence-electron chi connectivity index (χ3n) is 6.09. The van der Waals surface area contributed by atoms with E-state index in [1.165, 1.54) is 12.1 Å². The fourth-order valence-corrected chi connectivity index (χ4v) is 4.26. The van der Waals surface area contributed by atoms with Gasteiger partial charge in [0.15, 0.2) is 0 Å². The first-order valence-corrected chi connectivity index (χ1v) is 9.70. The van der Waals surface area contributed by atoms with Gasteiger partial charge < -0.3 is 15.1 Å². The minimum atomic E-state index is -0.609. The Morgan fingerprint density at radius 3 is 2.64 bits per heavy atom. The quantitative estimate of drug-likeness (QED) is 0.866. The smallest absolute Gasteiger partial charge is 0.258 e. The molecule has 0 bridgehead atoms. The summed E-state index contributed by atoms with van der Waals surface area (Å²) in [5, 5.41) is 2.87. The number of carbonyl (C=O) groups excluding carboxylic acids is 2. The van der Waals surface area contributed by atoms with Crippen molar-refractivity contribution in [2.45, 2.75) is 38.1 Å². The van der Waals surface area contributed by atoms with Crippen LogP contribution in [0.25, 0.3) is 0 Å². The molecular formula is C22H22FN3O2. The first-order chi connectivity index (χ1) is 13.4. The Morgan fingerprint density at radius 2 is 1.89 bits per heavy atom. The van der Waals surface area contributed by atoms with Crippen LogP contribution in [-0.2, 0) is 10.2 Å². The van der Waals surface area contributed by atoms with Crippen LogP contribution in [0.2, 0.25) is 0 Å². The van der Waals surface area contributed by atoms with Crippen LogP contribution in [0.1, 0.15) is 42.6 Å². The number of hydrogen-bond acceptors (Lipinski definition) is 3. The van der Waals surface area contributed by atoms with E-state index in [-0.39, 0.29) is 17.6 Å². The molecule has 0 aromatic heterocycles. The van der Waals surface area contributed by atoms with Crippen LogP contribution in [0.5, 0.6) is 0 Å². The van der Waals surface area contributed by atoms with Gasteiger partial charge in [-0.15, -0.1) is 0 Å². The molecule has 0 radical (unpaired) electrons. The molecule has 2 aliphatic heterocycles. The Balaban J connectivity index is 1.51. The predicted octanol–water partition coefficient (Wildman–Crippen LogP) is 3.68. The highest BCUT2D eigenvalue weighted by atomic mass is 19.1. The molecule has 0 unspecified atom stereocenters. The van der Waals surface area contributed by atoms with Crippen molar-refractivity contribution in [3.05, 3.63) is 53.3 Å². The molecule has 1 aliphatic carbocycles. The van der Waals surface area contributed by atoms with Crippen LogP contribution in [0.15, 0.2) is 36.4 Å². The van der Waals surface area contributed by atoms with E-state index in [0.717, 1.165) is 30.6 Å². The Kier molecular flexibility index (Phi) is 3.57. The monoisotopic (exact) mass is 379 g/mol. The number of anilines is 3. The summed E-state index contributed by atoms with van der Waals surface area (Å²) in [7, 11) is 0. The number of rotatable bonds is 2. The summed E-state index contributed by atoms with van der Waals surface area (Å²) in [4.78, 5) is 29.4. The zero-order chi connectivity index (χ0) is 19.6. The molecular weight excluding hydrogens is 357 g/mol. The Bertz CT molecular complexity index is 1010. The maximum absolute atomic E-state index is 14.0. The molecule has 28 heavy (non-hydrogen) atoms. The minimum absolute atomic E-state index is 0.0717. The SMILES string of the molecule is CC1(C)C(=O)Nc2cc(C(=O)N3CCN(C4CC4)c4ccc(F)cc43)ccc21. The van der Waals surface area contributed by atoms with Crippen molar-refractivity contribution in [1.29, 1.82) is 0 Å². The minimum Gasteiger partial charge on any atom is -0.365 e. The zero-order valence-electron chi connectivity index (χ0n) is 16.0. The van der Waals surface area contributed by atoms with Gasteiger partial charge in [-0.05, 0) is 62.6 Å². The fourth-order valence-electron chi connectivity index (χ4n) is 4.26. The van der Waals surface area contributed by atoms with Crippen LogP contribution in [0, 0.1) is 5.82 Å². The molecule has 1 fully saturated rings. The molecule has 2 aromatic carbocycles. The Labute approximate surface area is 163 Å². The van der Waals surface area contributed by atoms with E-state index in [4.69, 9.17) is 0 Å². The second-order valence-corrected chi connectivity index (χ2v) is 8.35. The van der Waals surface area contributed by atoms with Gasteiger partial charge in [0.2, 0.25) is 5.91 Å². The van der Waals surface area contributed by atoms with Gasteiger partial charge in [0.25, 0.3) is 5.91 Å². The third-order valence-corrected chi connectivity index (χ3v) is 6.09. The average Bonchev–Trinajstić information content (AvgIpc) is 3.48. The lowest BCUT2D eigenvalue weighted by Crippen LogP contribution is -2.45. The first kappa shape index (κ1) is 17.2. The average molecular weight is 379 g/mol. The van der Waals surface area contributed by atoms with Gasteiger partial charge in [-0.3, -0.25) is 9.59 Å². The summed E-state index contributed by atoms with van der Waals surface area (Å²) in [6, 6.07) is 10.5. The number of benzene rings is 2. The normalized spacial score (nSPS) is 19.9. The number of halogens is 1. The van der Waals surface area contributed by atoms with Gasteiger partial charge in [-0.1, -0.05) is 6.07 Å². The van der Waals surface area contributed by atoms with Crippen LogP contribution in [-0.4, -0.2) is 30.9 Å². The molecule has 0 atom stereocenters. The maximum Gasteiger partial charge on any atom is 0.258 e. The Hall–Kier alpha value is -2.89. The van der Waals surface area contributed by atoms with Crippen molar-refractivity contribution in [3.8, 4) is 0 Å². The first-order valence-electron chi connectivity index (χ1n) is 9.70. The third kappa shape index (κ3) is 2.51. The molecule has 5 nitrogen and oxygen atoms in total. The molecule has 2 aromatic rings. The highest BCUT2D eigenvalue weighted by Gasteiger charge is 2.39. The number of nitrogens with zero attached hydrogens (tertiary/aromatic N) is 2. The number of nitrogens with one attached hydrogen (secondary N) is 1. The molecule has 0 saturated heterocycles. The largest absolute Gasteiger partial charge is 0.365 e. The van der Waals surface area contributed by atoms with E-state index in [1.54, 1.807) is 23.1 Å². The maximum atomic E-state index is 14.0. The topological polar surface area (TPSA) is 52.7 Å². The van der Waals surface area contributed by atoms with Crippen molar-refractivity contribution in [3.63, 3.8) is 0 Å². The highest BCUT2D eigenvalue weighted by molar-refractivity contribution is 6.11. The van der Waals surface area contributed by atoms with Gasteiger partial charge in [-0.2, -0.15) is 0 Å². The fraction of sp³-hybridized carbons (Fsp3) is 0.364. The molecule has 2 heterocycles. The summed E-state index contributed by atoms with van der Waals surface area (Å²) in [6.45, 7) is 4.99. The summed E-state index contributed by atoms with van der Waals surface area (Å²) in [5.74, 6) is -0.598. The summed E-state index contributed by atoms with van der Waals surface area (Å²) >= 11 is 0. The van der Waals surface area contributed by atoms with Crippen molar-refractivity contribution >= 4 is 28.9 Å². The molecule has 1 N–H and O–H groups in total. The highest BCUT2D eigenvalue weighted by Crippen LogP contribution is 2.42. The van der Waals surface area contributed by atoms with Crippen molar-refractivity contribution in [2.75, 3.05) is 28.2 Å². The zero-order valence-corrected chi connectivity index (χ0v) is 16.0. The van der Waals surface area contributed by atoms with Gasteiger partial charge in [-0.25, -0.2) is 4.39 Å². The van der Waals surface area contributed by atoms with Gasteiger partial charge in [0.1, 0.15) is 5.82 Å². The summed E-state index contributed by atoms with van der Waals surface area (Å²) in [6.07, 6.45) is 2.29. The van der Waals surface area contributed by atoms with Crippen LogP contribution < -0.4 is 15.1 Å². The van der Waals surface area contributed by atoms with Gasteiger partial charge in [0, 0.05) is 30.4 Å². The molecule has 1 saturated carbocycles. The molecule has 0 spiro atoms. The summed E-state index contributed by atoms with van der Waals surface area (Å²) < 4.78 is 14.0. The lowest BCUT2D eigenvalue weighted by atomic mass is 9.86. The molecule has 144 valence electrons. The van der Waals surface area contributed by atoms with Crippen molar-refractivity contribution in [1.82, 2.24) is 0 Å². The lowest BCUT2D eigenvalue weighted by Gasteiger charge is -2.38. The summed E-state index contributed by atoms with van der Waals surface area (Å²) in [5.41, 5.74) is 2.98. The molecule has 6 heteroatoms. The molecule has 3 aliphatic rings. The van der Waals surface area contributed by atoms with E-state index in [2.05, 4.69) is 10.2 Å². The van der Waals surface area contributed by atoms with E-state index < -0.39 is 5.41 Å². The van der Waals surface area contributed by atoms with Crippen LogP contribution in [0.3, 0.4) is 0 Å². The van der Waals surface area contributed by atoms with E-state index in [1.807, 2.05) is 19.9 Å². The molecule has 2 amide bonds.